The van der Waals surface area contributed by atoms with Crippen LogP contribution in [0.15, 0.2) is 18.3 Å². The summed E-state index contributed by atoms with van der Waals surface area (Å²) >= 11 is 0. The highest BCUT2D eigenvalue weighted by atomic mass is 16.5. The van der Waals surface area contributed by atoms with Gasteiger partial charge in [-0.1, -0.05) is 6.07 Å². The first kappa shape index (κ1) is 13.3. The fourth-order valence-corrected chi connectivity index (χ4v) is 2.05. The molecule has 0 spiro atoms. The maximum Gasteiger partial charge on any atom is 0.125 e. The number of anilines is 1. The molecule has 0 atom stereocenters. The number of nitrogens with one attached hydrogen (secondary N) is 1. The van der Waals surface area contributed by atoms with E-state index in [1.165, 1.54) is 0 Å². The molecule has 0 radical (unpaired) electrons. The van der Waals surface area contributed by atoms with E-state index in [1.54, 1.807) is 0 Å². The van der Waals surface area contributed by atoms with Gasteiger partial charge in [0.1, 0.15) is 5.82 Å². The highest BCUT2D eigenvalue weighted by Crippen LogP contribution is 2.15. The Bertz CT molecular complexity index is 334. The summed E-state index contributed by atoms with van der Waals surface area (Å²) in [5, 5.41) is 3.18. The number of aromatic nitrogens is 1. The molecule has 0 saturated carbocycles. The van der Waals surface area contributed by atoms with Gasteiger partial charge in [0.05, 0.1) is 13.2 Å². The minimum Gasteiger partial charge on any atom is -0.381 e. The Labute approximate surface area is 109 Å². The molecule has 100 valence electrons. The van der Waals surface area contributed by atoms with E-state index in [1.807, 2.05) is 12.3 Å². The van der Waals surface area contributed by atoms with Gasteiger partial charge in [-0.2, -0.15) is 0 Å². The second-order valence-corrected chi connectivity index (χ2v) is 4.65. The maximum atomic E-state index is 5.74. The Kier molecular flexibility index (Phi) is 5.42. The molecule has 1 aromatic rings. The molecule has 0 bridgehead atoms. The van der Waals surface area contributed by atoms with Gasteiger partial charge in [0.15, 0.2) is 0 Å². The zero-order valence-corrected chi connectivity index (χ0v) is 11.0. The maximum absolute atomic E-state index is 5.74. The molecule has 1 aromatic heterocycles. The number of hydrogen-bond acceptors (Lipinski definition) is 4. The Morgan fingerprint density at radius 1 is 1.39 bits per heavy atom. The molecule has 2 rings (SSSR count). The minimum atomic E-state index is 0.650. The second kappa shape index (κ2) is 7.34. The number of rotatable bonds is 6. The van der Waals surface area contributed by atoms with Crippen LogP contribution in [0.2, 0.25) is 0 Å². The molecule has 18 heavy (non-hydrogen) atoms. The van der Waals surface area contributed by atoms with Crippen molar-refractivity contribution in [1.29, 1.82) is 0 Å². The van der Waals surface area contributed by atoms with Crippen LogP contribution in [0.3, 0.4) is 0 Å². The van der Waals surface area contributed by atoms with Crippen molar-refractivity contribution in [2.75, 3.05) is 31.7 Å². The van der Waals surface area contributed by atoms with Crippen molar-refractivity contribution in [2.24, 2.45) is 5.92 Å². The molecule has 1 N–H and O–H groups in total. The molecular formula is C14H22N2O2. The van der Waals surface area contributed by atoms with E-state index >= 15 is 0 Å². The first-order valence-corrected chi connectivity index (χ1v) is 6.72. The topological polar surface area (TPSA) is 43.4 Å². The van der Waals surface area contributed by atoms with Crippen molar-refractivity contribution in [3.8, 4) is 0 Å². The summed E-state index contributed by atoms with van der Waals surface area (Å²) in [4.78, 5) is 4.32. The largest absolute Gasteiger partial charge is 0.381 e. The Hall–Kier alpha value is -1.13. The van der Waals surface area contributed by atoms with Crippen LogP contribution in [0.5, 0.6) is 0 Å². The lowest BCUT2D eigenvalue weighted by Gasteiger charge is -2.21. The highest BCUT2D eigenvalue weighted by molar-refractivity contribution is 5.34. The van der Waals surface area contributed by atoms with Gasteiger partial charge in [0.2, 0.25) is 0 Å². The molecular weight excluding hydrogens is 228 g/mol. The van der Waals surface area contributed by atoms with Crippen molar-refractivity contribution < 1.29 is 9.47 Å². The summed E-state index contributed by atoms with van der Waals surface area (Å²) in [6, 6.07) is 4.06. The fraction of sp³-hybridized carbons (Fsp3) is 0.643. The van der Waals surface area contributed by atoms with Crippen LogP contribution >= 0.6 is 0 Å². The van der Waals surface area contributed by atoms with Gasteiger partial charge in [-0.15, -0.1) is 0 Å². The van der Waals surface area contributed by atoms with E-state index < -0.39 is 0 Å². The fourth-order valence-electron chi connectivity index (χ4n) is 2.05. The van der Waals surface area contributed by atoms with Crippen molar-refractivity contribution in [1.82, 2.24) is 4.98 Å². The van der Waals surface area contributed by atoms with Crippen molar-refractivity contribution >= 4 is 5.82 Å². The monoisotopic (exact) mass is 250 g/mol. The van der Waals surface area contributed by atoms with Crippen LogP contribution in [-0.4, -0.2) is 31.3 Å². The van der Waals surface area contributed by atoms with E-state index in [0.717, 1.165) is 50.6 Å². The lowest BCUT2D eigenvalue weighted by molar-refractivity contribution is 0.0157. The molecule has 1 aliphatic rings. The number of ether oxygens (including phenoxy) is 2. The highest BCUT2D eigenvalue weighted by Gasteiger charge is 2.13. The van der Waals surface area contributed by atoms with Gasteiger partial charge in [-0.3, -0.25) is 0 Å². The Morgan fingerprint density at radius 2 is 2.22 bits per heavy atom. The molecule has 4 heteroatoms. The Morgan fingerprint density at radius 3 is 2.89 bits per heavy atom. The van der Waals surface area contributed by atoms with Crippen molar-refractivity contribution in [3.05, 3.63) is 23.9 Å². The normalized spacial score (nSPS) is 16.7. The summed E-state index contributed by atoms with van der Waals surface area (Å²) in [6.45, 7) is 6.20. The standard InChI is InChI=1S/C14H22N2O2/c1-2-15-14-4-3-13(9-16-14)11-18-10-12-5-7-17-8-6-12/h3-4,9,12H,2,5-8,10-11H2,1H3,(H,15,16). The number of nitrogens with zero attached hydrogens (tertiary/aromatic N) is 1. The molecule has 0 unspecified atom stereocenters. The molecule has 2 heterocycles. The quantitative estimate of drug-likeness (QED) is 0.842. The zero-order chi connectivity index (χ0) is 12.6. The minimum absolute atomic E-state index is 0.650. The Balaban J connectivity index is 1.69. The summed E-state index contributed by atoms with van der Waals surface area (Å²) in [6.07, 6.45) is 4.12. The smallest absolute Gasteiger partial charge is 0.125 e. The summed E-state index contributed by atoms with van der Waals surface area (Å²) in [7, 11) is 0. The lowest BCUT2D eigenvalue weighted by atomic mass is 10.0. The third-order valence-corrected chi connectivity index (χ3v) is 3.15. The molecule has 0 amide bonds. The average Bonchev–Trinajstić information content (AvgIpc) is 2.42. The zero-order valence-electron chi connectivity index (χ0n) is 11.0. The number of pyridine rings is 1. The van der Waals surface area contributed by atoms with Crippen LogP contribution in [0.25, 0.3) is 0 Å². The van der Waals surface area contributed by atoms with Crippen LogP contribution in [0, 0.1) is 5.92 Å². The van der Waals surface area contributed by atoms with Crippen LogP contribution < -0.4 is 5.32 Å². The SMILES string of the molecule is CCNc1ccc(COCC2CCOCC2)cn1. The van der Waals surface area contributed by atoms with Crippen LogP contribution in [0.4, 0.5) is 5.82 Å². The van der Waals surface area contributed by atoms with E-state index in [4.69, 9.17) is 9.47 Å². The second-order valence-electron chi connectivity index (χ2n) is 4.65. The predicted molar refractivity (Wildman–Crippen MR) is 71.6 cm³/mol. The molecule has 1 aliphatic heterocycles. The summed E-state index contributed by atoms with van der Waals surface area (Å²) in [5.74, 6) is 1.58. The van der Waals surface area contributed by atoms with Gasteiger partial charge < -0.3 is 14.8 Å². The predicted octanol–water partition coefficient (Wildman–Crippen LogP) is 2.46. The lowest BCUT2D eigenvalue weighted by Crippen LogP contribution is -2.20. The molecule has 4 nitrogen and oxygen atoms in total. The molecule has 0 aromatic carbocycles. The third-order valence-electron chi connectivity index (χ3n) is 3.15. The van der Waals surface area contributed by atoms with Gasteiger partial charge in [-0.05, 0) is 37.3 Å². The average molecular weight is 250 g/mol. The molecule has 1 saturated heterocycles. The molecule has 1 fully saturated rings. The van der Waals surface area contributed by atoms with Gasteiger partial charge >= 0.3 is 0 Å². The first-order chi connectivity index (χ1) is 8.88. The van der Waals surface area contributed by atoms with Crippen LogP contribution in [-0.2, 0) is 16.1 Å². The van der Waals surface area contributed by atoms with Crippen molar-refractivity contribution in [2.45, 2.75) is 26.4 Å². The van der Waals surface area contributed by atoms with Crippen LogP contribution in [0.1, 0.15) is 25.3 Å². The summed E-state index contributed by atoms with van der Waals surface area (Å²) < 4.78 is 11.1. The van der Waals surface area contributed by atoms with Gasteiger partial charge in [0, 0.05) is 26.0 Å². The third kappa shape index (κ3) is 4.27. The van der Waals surface area contributed by atoms with E-state index in [2.05, 4.69) is 23.3 Å². The van der Waals surface area contributed by atoms with Gasteiger partial charge in [0.25, 0.3) is 0 Å². The van der Waals surface area contributed by atoms with E-state index in [9.17, 15) is 0 Å². The van der Waals surface area contributed by atoms with E-state index in [0.29, 0.717) is 12.5 Å². The summed E-state index contributed by atoms with van der Waals surface area (Å²) in [5.41, 5.74) is 1.13. The number of hydrogen-bond donors (Lipinski definition) is 1. The first-order valence-electron chi connectivity index (χ1n) is 6.72. The van der Waals surface area contributed by atoms with E-state index in [-0.39, 0.29) is 0 Å². The molecule has 0 aliphatic carbocycles. The van der Waals surface area contributed by atoms with Gasteiger partial charge in [-0.25, -0.2) is 4.98 Å². The van der Waals surface area contributed by atoms with Crippen molar-refractivity contribution in [3.63, 3.8) is 0 Å².